The van der Waals surface area contributed by atoms with Crippen molar-refractivity contribution in [1.29, 1.82) is 0 Å². The lowest BCUT2D eigenvalue weighted by molar-refractivity contribution is -0.121. The van der Waals surface area contributed by atoms with Crippen LogP contribution in [0.4, 0.5) is 19.6 Å². The number of nitrogens with zero attached hydrogens (tertiary/aromatic N) is 7. The van der Waals surface area contributed by atoms with E-state index in [4.69, 9.17) is 4.98 Å². The SMILES string of the molecule is CCN(C)Cc1cc(Nc2nc(C)cn(CC3=CN(CC(=O)NCC4=CC(F)C(F)=CC=C4)N=CCC3)c2=NC)sn1. The average Bonchev–Trinajstić information content (AvgIpc) is 3.17. The molecular formula is C29H37F2N9OS. The summed E-state index contributed by atoms with van der Waals surface area (Å²) in [6.07, 6.45) is 10.5. The topological polar surface area (TPSA) is 103 Å². The highest BCUT2D eigenvalue weighted by Crippen LogP contribution is 2.21. The Balaban J connectivity index is 1.44. The third kappa shape index (κ3) is 8.76. The third-order valence-corrected chi connectivity index (χ3v) is 7.36. The lowest BCUT2D eigenvalue weighted by Crippen LogP contribution is -2.34. The van der Waals surface area contributed by atoms with Gasteiger partial charge in [0.25, 0.3) is 0 Å². The standard InChI is InChI=1S/C29H37F2N9OS/c1-5-38(4)18-23-13-27(42-37-23)36-28-29(32-3)39(15-20(2)35-28)16-22-9-7-11-34-40(17-22)19-26(41)33-14-21-8-6-10-24(30)25(31)12-21/h6,8,10-13,15,17,25H,5,7,9,14,16,18-19H2,1-4H3,(H,33,41)(H,35,36). The Bertz CT molecular complexity index is 1490. The van der Waals surface area contributed by atoms with Gasteiger partial charge in [-0.1, -0.05) is 19.1 Å². The zero-order valence-corrected chi connectivity index (χ0v) is 25.2. The predicted octanol–water partition coefficient (Wildman–Crippen LogP) is 4.14. The van der Waals surface area contributed by atoms with Crippen molar-refractivity contribution in [2.24, 2.45) is 10.1 Å². The molecule has 1 amide bonds. The zero-order valence-electron chi connectivity index (χ0n) is 24.3. The maximum absolute atomic E-state index is 13.8. The normalized spacial score (nSPS) is 17.5. The van der Waals surface area contributed by atoms with Crippen LogP contribution in [-0.2, 0) is 17.9 Å². The maximum Gasteiger partial charge on any atom is 0.241 e. The van der Waals surface area contributed by atoms with Crippen LogP contribution in [0, 0.1) is 6.92 Å². The van der Waals surface area contributed by atoms with Crippen LogP contribution >= 0.6 is 11.5 Å². The molecule has 13 heteroatoms. The number of hydrazone groups is 1. The molecule has 2 N–H and O–H groups in total. The summed E-state index contributed by atoms with van der Waals surface area (Å²) in [6, 6.07) is 2.03. The molecule has 0 bridgehead atoms. The first-order valence-electron chi connectivity index (χ1n) is 13.8. The Hall–Kier alpha value is -3.97. The number of allylic oxidation sites excluding steroid dienone is 5. The Morgan fingerprint density at radius 3 is 2.98 bits per heavy atom. The first kappa shape index (κ1) is 31.0. The summed E-state index contributed by atoms with van der Waals surface area (Å²) in [6.45, 7) is 6.38. The Morgan fingerprint density at radius 1 is 1.36 bits per heavy atom. The molecule has 2 aliphatic rings. The van der Waals surface area contributed by atoms with Gasteiger partial charge in [0.15, 0.2) is 17.5 Å². The number of amides is 1. The Morgan fingerprint density at radius 2 is 2.19 bits per heavy atom. The molecule has 0 aromatic carbocycles. The van der Waals surface area contributed by atoms with E-state index in [0.29, 0.717) is 23.4 Å². The van der Waals surface area contributed by atoms with E-state index >= 15 is 0 Å². The fourth-order valence-electron chi connectivity index (χ4n) is 4.41. The number of anilines is 2. The van der Waals surface area contributed by atoms with Crippen molar-refractivity contribution in [3.8, 4) is 0 Å². The zero-order chi connectivity index (χ0) is 30.1. The number of carbonyl (C=O) groups excluding carboxylic acids is 1. The molecule has 2 aromatic heterocycles. The van der Waals surface area contributed by atoms with Crippen molar-refractivity contribution in [2.75, 3.05) is 39.0 Å². The van der Waals surface area contributed by atoms with Gasteiger partial charge in [0, 0.05) is 45.3 Å². The van der Waals surface area contributed by atoms with Gasteiger partial charge in [0.1, 0.15) is 17.4 Å². The summed E-state index contributed by atoms with van der Waals surface area (Å²) < 4.78 is 33.8. The van der Waals surface area contributed by atoms with Crippen molar-refractivity contribution >= 4 is 34.5 Å². The molecule has 2 aromatic rings. The molecule has 0 saturated carbocycles. The number of rotatable bonds is 11. The summed E-state index contributed by atoms with van der Waals surface area (Å²) in [5.41, 5.74) is 4.07. The number of aromatic nitrogens is 3. The van der Waals surface area contributed by atoms with E-state index in [1.807, 2.05) is 30.0 Å². The number of aryl methyl sites for hydroxylation is 1. The molecule has 0 saturated heterocycles. The van der Waals surface area contributed by atoms with E-state index < -0.39 is 12.0 Å². The maximum atomic E-state index is 13.8. The average molecular weight is 598 g/mol. The van der Waals surface area contributed by atoms with Gasteiger partial charge in [0.05, 0.1) is 11.4 Å². The van der Waals surface area contributed by atoms with Gasteiger partial charge in [0.2, 0.25) is 5.91 Å². The molecule has 224 valence electrons. The van der Waals surface area contributed by atoms with Gasteiger partial charge in [-0.2, -0.15) is 9.47 Å². The second kappa shape index (κ2) is 14.8. The highest BCUT2D eigenvalue weighted by Gasteiger charge is 2.15. The number of alkyl halides is 1. The minimum Gasteiger partial charge on any atom is -0.350 e. The minimum atomic E-state index is -1.82. The molecular weight excluding hydrogens is 560 g/mol. The second-order valence-electron chi connectivity index (χ2n) is 10.1. The lowest BCUT2D eigenvalue weighted by Gasteiger charge is -2.17. The fraction of sp³-hybridized carbons (Fsp3) is 0.414. The summed E-state index contributed by atoms with van der Waals surface area (Å²) in [5, 5.41) is 13.1. The molecule has 1 unspecified atom stereocenters. The van der Waals surface area contributed by atoms with Crippen LogP contribution in [0.5, 0.6) is 0 Å². The van der Waals surface area contributed by atoms with Crippen molar-refractivity contribution in [3.63, 3.8) is 0 Å². The molecule has 1 atom stereocenters. The number of halogens is 2. The molecule has 1 aliphatic heterocycles. The number of carbonyl (C=O) groups is 1. The van der Waals surface area contributed by atoms with E-state index in [9.17, 15) is 13.6 Å². The van der Waals surface area contributed by atoms with Crippen LogP contribution in [0.15, 0.2) is 69.8 Å². The third-order valence-electron chi connectivity index (χ3n) is 6.61. The number of nitrogens with one attached hydrogen (secondary N) is 2. The van der Waals surface area contributed by atoms with Crippen molar-refractivity contribution < 1.29 is 13.6 Å². The van der Waals surface area contributed by atoms with E-state index in [2.05, 4.69) is 44.0 Å². The monoisotopic (exact) mass is 597 g/mol. The summed E-state index contributed by atoms with van der Waals surface area (Å²) in [4.78, 5) is 24.1. The van der Waals surface area contributed by atoms with Crippen LogP contribution in [0.25, 0.3) is 0 Å². The number of hydrogen-bond acceptors (Lipinski definition) is 9. The van der Waals surface area contributed by atoms with E-state index in [1.165, 1.54) is 17.6 Å². The van der Waals surface area contributed by atoms with Crippen LogP contribution in [0.1, 0.15) is 31.2 Å². The van der Waals surface area contributed by atoms with Crippen LogP contribution in [0.2, 0.25) is 0 Å². The van der Waals surface area contributed by atoms with Crippen molar-refractivity contribution in [1.82, 2.24) is 29.2 Å². The fourth-order valence-corrected chi connectivity index (χ4v) is 5.07. The van der Waals surface area contributed by atoms with Gasteiger partial charge < -0.3 is 20.1 Å². The first-order valence-corrected chi connectivity index (χ1v) is 14.6. The van der Waals surface area contributed by atoms with Crippen LogP contribution < -0.4 is 16.1 Å². The first-order chi connectivity index (χ1) is 20.2. The number of hydrogen-bond donors (Lipinski definition) is 2. The lowest BCUT2D eigenvalue weighted by atomic mass is 10.1. The largest absolute Gasteiger partial charge is 0.350 e. The van der Waals surface area contributed by atoms with E-state index in [0.717, 1.165) is 60.0 Å². The van der Waals surface area contributed by atoms with Crippen molar-refractivity contribution in [2.45, 2.75) is 46.0 Å². The van der Waals surface area contributed by atoms with Gasteiger partial charge in [-0.15, -0.1) is 0 Å². The Labute approximate surface area is 248 Å². The van der Waals surface area contributed by atoms with Crippen LogP contribution in [0.3, 0.4) is 0 Å². The second-order valence-corrected chi connectivity index (χ2v) is 10.9. The molecule has 10 nitrogen and oxygen atoms in total. The van der Waals surface area contributed by atoms with Gasteiger partial charge in [-0.05, 0) is 74.3 Å². The molecule has 3 heterocycles. The smallest absolute Gasteiger partial charge is 0.241 e. The summed E-state index contributed by atoms with van der Waals surface area (Å²) in [5.74, 6) is -0.503. The van der Waals surface area contributed by atoms with Gasteiger partial charge in [-0.3, -0.25) is 14.8 Å². The molecule has 4 rings (SSSR count). The van der Waals surface area contributed by atoms with Crippen LogP contribution in [-0.4, -0.2) is 75.9 Å². The van der Waals surface area contributed by atoms with Crippen molar-refractivity contribution in [3.05, 3.63) is 76.6 Å². The van der Waals surface area contributed by atoms with E-state index in [-0.39, 0.29) is 19.0 Å². The van der Waals surface area contributed by atoms with Gasteiger partial charge in [-0.25, -0.2) is 13.8 Å². The predicted molar refractivity (Wildman–Crippen MR) is 163 cm³/mol. The molecule has 0 radical (unpaired) electrons. The van der Waals surface area contributed by atoms with Gasteiger partial charge >= 0.3 is 0 Å². The quantitative estimate of drug-likeness (QED) is 0.404. The highest BCUT2D eigenvalue weighted by atomic mass is 32.1. The Kier molecular flexibility index (Phi) is 10.9. The highest BCUT2D eigenvalue weighted by molar-refractivity contribution is 7.10. The molecule has 42 heavy (non-hydrogen) atoms. The minimum absolute atomic E-state index is 0.0125. The summed E-state index contributed by atoms with van der Waals surface area (Å²) in [7, 11) is 3.79. The molecule has 0 spiro atoms. The summed E-state index contributed by atoms with van der Waals surface area (Å²) >= 11 is 1.39. The van der Waals surface area contributed by atoms with E-state index in [1.54, 1.807) is 24.3 Å². The molecule has 0 fully saturated rings. The molecule has 1 aliphatic carbocycles.